The molecule has 0 saturated carbocycles. The average Bonchev–Trinajstić information content (AvgIpc) is 2.73. The zero-order valence-corrected chi connectivity index (χ0v) is 10.8. The Hall–Kier alpha value is -1.15. The SMILES string of the molecule is CC(OS(=O)O)c1c(C(=O)Cl)ccc2c1OCO2. The summed E-state index contributed by atoms with van der Waals surface area (Å²) < 4.78 is 34.5. The minimum Gasteiger partial charge on any atom is -0.454 e. The van der Waals surface area contributed by atoms with E-state index in [9.17, 15) is 9.00 Å². The summed E-state index contributed by atoms with van der Waals surface area (Å²) in [5.74, 6) is 0.741. The molecule has 2 atom stereocenters. The molecule has 0 saturated heterocycles. The zero-order chi connectivity index (χ0) is 13.3. The topological polar surface area (TPSA) is 82.1 Å². The van der Waals surface area contributed by atoms with Gasteiger partial charge in [-0.25, -0.2) is 0 Å². The molecule has 2 rings (SSSR count). The first-order chi connectivity index (χ1) is 8.50. The van der Waals surface area contributed by atoms with Gasteiger partial charge in [-0.15, -0.1) is 0 Å². The van der Waals surface area contributed by atoms with Gasteiger partial charge in [0.1, 0.15) is 6.10 Å². The molecule has 1 heterocycles. The Bertz CT molecular complexity index is 517. The largest absolute Gasteiger partial charge is 0.454 e. The summed E-state index contributed by atoms with van der Waals surface area (Å²) in [6.45, 7) is 1.52. The lowest BCUT2D eigenvalue weighted by Gasteiger charge is -2.15. The normalized spacial score (nSPS) is 16.4. The molecule has 1 N–H and O–H groups in total. The highest BCUT2D eigenvalue weighted by atomic mass is 35.5. The van der Waals surface area contributed by atoms with Gasteiger partial charge in [-0.2, -0.15) is 4.21 Å². The first-order valence-corrected chi connectivity index (χ1v) is 6.32. The molecule has 0 fully saturated rings. The van der Waals surface area contributed by atoms with E-state index in [2.05, 4.69) is 0 Å². The van der Waals surface area contributed by atoms with Crippen LogP contribution in [0.3, 0.4) is 0 Å². The molecule has 0 bridgehead atoms. The van der Waals surface area contributed by atoms with Crippen molar-refractivity contribution < 1.29 is 27.2 Å². The summed E-state index contributed by atoms with van der Waals surface area (Å²) in [7, 11) is 0. The smallest absolute Gasteiger partial charge is 0.302 e. The fourth-order valence-electron chi connectivity index (χ4n) is 1.74. The maximum absolute atomic E-state index is 11.3. The van der Waals surface area contributed by atoms with Gasteiger partial charge in [-0.3, -0.25) is 13.5 Å². The summed E-state index contributed by atoms with van der Waals surface area (Å²) in [5, 5.41) is -0.706. The molecule has 0 aliphatic carbocycles. The lowest BCUT2D eigenvalue weighted by Crippen LogP contribution is -2.08. The maximum Gasteiger partial charge on any atom is 0.302 e. The van der Waals surface area contributed by atoms with Gasteiger partial charge in [0, 0.05) is 11.1 Å². The third-order valence-electron chi connectivity index (χ3n) is 2.42. The highest BCUT2D eigenvalue weighted by Gasteiger charge is 2.28. The average molecular weight is 293 g/mol. The van der Waals surface area contributed by atoms with E-state index in [0.29, 0.717) is 17.1 Å². The van der Waals surface area contributed by atoms with E-state index < -0.39 is 22.7 Å². The van der Waals surface area contributed by atoms with E-state index >= 15 is 0 Å². The Kier molecular flexibility index (Phi) is 3.86. The van der Waals surface area contributed by atoms with Gasteiger partial charge in [0.05, 0.1) is 0 Å². The minimum absolute atomic E-state index is 0.0111. The number of rotatable bonds is 4. The van der Waals surface area contributed by atoms with E-state index in [-0.39, 0.29) is 12.4 Å². The summed E-state index contributed by atoms with van der Waals surface area (Å²) in [6.07, 6.45) is -0.842. The molecule has 0 aromatic heterocycles. The number of ether oxygens (including phenoxy) is 2. The molecule has 1 aliphatic heterocycles. The van der Waals surface area contributed by atoms with Gasteiger partial charge in [0.2, 0.25) is 6.79 Å². The fourth-order valence-corrected chi connectivity index (χ4v) is 2.25. The van der Waals surface area contributed by atoms with Crippen molar-refractivity contribution in [1.29, 1.82) is 0 Å². The first-order valence-electron chi connectivity index (χ1n) is 4.91. The van der Waals surface area contributed by atoms with Crippen LogP contribution in [0.2, 0.25) is 0 Å². The predicted octanol–water partition coefficient (Wildman–Crippen LogP) is 2.01. The Labute approximate surface area is 110 Å². The van der Waals surface area contributed by atoms with Crippen molar-refractivity contribution in [3.63, 3.8) is 0 Å². The summed E-state index contributed by atoms with van der Waals surface area (Å²) in [5.41, 5.74) is 0.450. The number of carbonyl (C=O) groups is 1. The molecule has 0 amide bonds. The van der Waals surface area contributed by atoms with Crippen LogP contribution >= 0.6 is 11.6 Å². The van der Waals surface area contributed by atoms with Crippen molar-refractivity contribution in [1.82, 2.24) is 0 Å². The van der Waals surface area contributed by atoms with Crippen LogP contribution in [-0.4, -0.2) is 20.8 Å². The number of halogens is 1. The van der Waals surface area contributed by atoms with Gasteiger partial charge >= 0.3 is 11.4 Å². The molecule has 8 heteroatoms. The van der Waals surface area contributed by atoms with Crippen LogP contribution in [0.4, 0.5) is 0 Å². The number of hydrogen-bond acceptors (Lipinski definition) is 5. The van der Waals surface area contributed by atoms with E-state index in [1.165, 1.54) is 13.0 Å². The molecule has 0 radical (unpaired) electrons. The van der Waals surface area contributed by atoms with Crippen LogP contribution in [0.25, 0.3) is 0 Å². The first kappa shape index (κ1) is 13.3. The predicted molar refractivity (Wildman–Crippen MR) is 63.0 cm³/mol. The van der Waals surface area contributed by atoms with Gasteiger partial charge in [0.15, 0.2) is 11.5 Å². The molecule has 2 unspecified atom stereocenters. The third kappa shape index (κ3) is 2.49. The Balaban J connectivity index is 2.51. The highest BCUT2D eigenvalue weighted by Crippen LogP contribution is 2.42. The fraction of sp³-hybridized carbons (Fsp3) is 0.300. The van der Waals surface area contributed by atoms with Crippen molar-refractivity contribution in [2.24, 2.45) is 0 Å². The summed E-state index contributed by atoms with van der Waals surface area (Å²) >= 11 is 3.00. The molecule has 98 valence electrons. The van der Waals surface area contributed by atoms with Crippen LogP contribution in [0.15, 0.2) is 12.1 Å². The molecule has 18 heavy (non-hydrogen) atoms. The van der Waals surface area contributed by atoms with E-state index in [1.54, 1.807) is 6.07 Å². The van der Waals surface area contributed by atoms with Crippen molar-refractivity contribution >= 4 is 28.2 Å². The van der Waals surface area contributed by atoms with Crippen molar-refractivity contribution in [2.45, 2.75) is 13.0 Å². The Morgan fingerprint density at radius 3 is 2.89 bits per heavy atom. The molecule has 6 nitrogen and oxygen atoms in total. The third-order valence-corrected chi connectivity index (χ3v) is 3.08. The molecule has 1 aliphatic rings. The van der Waals surface area contributed by atoms with Crippen LogP contribution in [-0.2, 0) is 15.5 Å². The van der Waals surface area contributed by atoms with Gasteiger partial charge in [-0.1, -0.05) is 0 Å². The number of carbonyl (C=O) groups excluding carboxylic acids is 1. The second-order valence-corrected chi connectivity index (χ2v) is 4.46. The van der Waals surface area contributed by atoms with Gasteiger partial charge in [0.25, 0.3) is 5.24 Å². The Morgan fingerprint density at radius 2 is 2.28 bits per heavy atom. The van der Waals surface area contributed by atoms with E-state index in [4.69, 9.17) is 29.8 Å². The van der Waals surface area contributed by atoms with Crippen molar-refractivity contribution in [3.05, 3.63) is 23.3 Å². The van der Waals surface area contributed by atoms with Crippen LogP contribution in [0.1, 0.15) is 28.9 Å². The van der Waals surface area contributed by atoms with E-state index in [1.807, 2.05) is 0 Å². The standard InChI is InChI=1S/C10H9ClO6S/c1-5(17-18(13)14)8-6(10(11)12)2-3-7-9(8)16-4-15-7/h2-3,5H,4H2,1H3,(H,13,14). The number of hydrogen-bond donors (Lipinski definition) is 1. The van der Waals surface area contributed by atoms with Crippen LogP contribution in [0, 0.1) is 0 Å². The molecular weight excluding hydrogens is 284 g/mol. The summed E-state index contributed by atoms with van der Waals surface area (Å²) in [4.78, 5) is 11.3. The molecule has 1 aromatic rings. The monoisotopic (exact) mass is 292 g/mol. The van der Waals surface area contributed by atoms with Gasteiger partial charge < -0.3 is 9.47 Å². The molecule has 0 spiro atoms. The highest BCUT2D eigenvalue weighted by molar-refractivity contribution is 7.74. The molecular formula is C10H9ClO6S. The zero-order valence-electron chi connectivity index (χ0n) is 9.21. The Morgan fingerprint density at radius 1 is 1.56 bits per heavy atom. The minimum atomic E-state index is -2.46. The molecule has 1 aromatic carbocycles. The lowest BCUT2D eigenvalue weighted by molar-refractivity contribution is 0.107. The van der Waals surface area contributed by atoms with E-state index in [0.717, 1.165) is 0 Å². The quantitative estimate of drug-likeness (QED) is 0.675. The second kappa shape index (κ2) is 5.23. The summed E-state index contributed by atoms with van der Waals surface area (Å²) in [6, 6.07) is 3.00. The van der Waals surface area contributed by atoms with Crippen molar-refractivity contribution in [2.75, 3.05) is 6.79 Å². The van der Waals surface area contributed by atoms with Crippen LogP contribution in [0.5, 0.6) is 11.5 Å². The number of benzene rings is 1. The lowest BCUT2D eigenvalue weighted by atomic mass is 10.0. The van der Waals surface area contributed by atoms with Gasteiger partial charge in [-0.05, 0) is 30.7 Å². The second-order valence-electron chi connectivity index (χ2n) is 3.49. The maximum atomic E-state index is 11.3. The number of fused-ring (bicyclic) bond motifs is 1. The van der Waals surface area contributed by atoms with Crippen LogP contribution < -0.4 is 9.47 Å². The van der Waals surface area contributed by atoms with Crippen molar-refractivity contribution in [3.8, 4) is 11.5 Å².